The number of ether oxygens (including phenoxy) is 1. The van der Waals surface area contributed by atoms with Crippen LogP contribution in [0.15, 0.2) is 42.7 Å². The molecule has 5 heterocycles. The zero-order valence-electron chi connectivity index (χ0n) is 20.5. The SMILES string of the molecule is Cc1cnnc(C)c1[C@H](C)Oc1ccc2[nH]nc(-c3ccc(N4CC5(CCS(=O)(=O)C5)C4)nc3)c2c1. The molecule has 4 aromatic rings. The first-order chi connectivity index (χ1) is 17.2. The molecular formula is C26H28N6O3S. The minimum atomic E-state index is -2.88. The van der Waals surface area contributed by atoms with Crippen LogP contribution in [0.5, 0.6) is 5.75 Å². The molecule has 2 fully saturated rings. The number of H-pyrrole nitrogens is 1. The fourth-order valence-electron chi connectivity index (χ4n) is 5.65. The summed E-state index contributed by atoms with van der Waals surface area (Å²) in [6.45, 7) is 7.46. The number of pyridine rings is 1. The third-order valence-corrected chi connectivity index (χ3v) is 9.27. The number of hydrogen-bond acceptors (Lipinski definition) is 8. The normalized spacial score (nSPS) is 18.9. The van der Waals surface area contributed by atoms with E-state index in [1.807, 2.05) is 57.3 Å². The zero-order valence-corrected chi connectivity index (χ0v) is 21.3. The van der Waals surface area contributed by atoms with E-state index in [0.29, 0.717) is 11.5 Å². The summed E-state index contributed by atoms with van der Waals surface area (Å²) in [6.07, 6.45) is 4.16. The first kappa shape index (κ1) is 22.9. The number of anilines is 1. The smallest absolute Gasteiger partial charge is 0.151 e. The van der Waals surface area contributed by atoms with Gasteiger partial charge in [0.1, 0.15) is 23.4 Å². The molecular weight excluding hydrogens is 476 g/mol. The fourth-order valence-corrected chi connectivity index (χ4v) is 7.79. The number of sulfone groups is 1. The summed E-state index contributed by atoms with van der Waals surface area (Å²) in [6, 6.07) is 9.90. The van der Waals surface area contributed by atoms with Crippen LogP contribution in [0.25, 0.3) is 22.2 Å². The Morgan fingerprint density at radius 1 is 1.14 bits per heavy atom. The van der Waals surface area contributed by atoms with Gasteiger partial charge in [0.25, 0.3) is 0 Å². The van der Waals surface area contributed by atoms with Crippen LogP contribution in [0, 0.1) is 19.3 Å². The molecule has 186 valence electrons. The lowest BCUT2D eigenvalue weighted by Crippen LogP contribution is -2.57. The summed E-state index contributed by atoms with van der Waals surface area (Å²) >= 11 is 0. The molecule has 1 aromatic carbocycles. The Morgan fingerprint density at radius 3 is 2.67 bits per heavy atom. The number of aromatic nitrogens is 5. The van der Waals surface area contributed by atoms with Gasteiger partial charge in [0.2, 0.25) is 0 Å². The quantitative estimate of drug-likeness (QED) is 0.437. The maximum atomic E-state index is 11.9. The Morgan fingerprint density at radius 2 is 1.97 bits per heavy atom. The van der Waals surface area contributed by atoms with Gasteiger partial charge < -0.3 is 9.64 Å². The van der Waals surface area contributed by atoms with Gasteiger partial charge in [0, 0.05) is 41.2 Å². The van der Waals surface area contributed by atoms with Crippen LogP contribution in [0.2, 0.25) is 0 Å². The predicted molar refractivity (Wildman–Crippen MR) is 138 cm³/mol. The van der Waals surface area contributed by atoms with Gasteiger partial charge in [0.15, 0.2) is 9.84 Å². The average molecular weight is 505 g/mol. The first-order valence-corrected chi connectivity index (χ1v) is 13.9. The number of aromatic amines is 1. The van der Waals surface area contributed by atoms with Gasteiger partial charge in [-0.25, -0.2) is 13.4 Å². The van der Waals surface area contributed by atoms with Crippen LogP contribution in [0.3, 0.4) is 0 Å². The van der Waals surface area contributed by atoms with E-state index in [1.54, 1.807) is 6.20 Å². The number of aryl methyl sites for hydroxylation is 2. The molecule has 1 spiro atoms. The molecule has 1 atom stereocenters. The lowest BCUT2D eigenvalue weighted by molar-refractivity contribution is 0.225. The molecule has 10 heteroatoms. The zero-order chi connectivity index (χ0) is 25.1. The Bertz CT molecular complexity index is 1540. The molecule has 2 aliphatic heterocycles. The second-order valence-electron chi connectivity index (χ2n) is 10.2. The summed E-state index contributed by atoms with van der Waals surface area (Å²) < 4.78 is 30.1. The Hall–Kier alpha value is -3.53. The van der Waals surface area contributed by atoms with Crippen LogP contribution in [-0.4, -0.2) is 58.4 Å². The average Bonchev–Trinajstić information content (AvgIpc) is 3.38. The summed E-state index contributed by atoms with van der Waals surface area (Å²) in [5, 5.41) is 16.8. The van der Waals surface area contributed by atoms with Crippen molar-refractivity contribution < 1.29 is 13.2 Å². The van der Waals surface area contributed by atoms with E-state index >= 15 is 0 Å². The Labute approximate surface area is 209 Å². The second kappa shape index (κ2) is 8.26. The third-order valence-electron chi connectivity index (χ3n) is 7.39. The standard InChI is InChI=1S/C26H28N6O3S/c1-16-11-28-29-17(2)24(16)18(3)35-20-5-6-22-21(10-20)25(31-30-22)19-4-7-23(27-12-19)32-13-26(14-32)8-9-36(33,34)15-26/h4-7,10-12,18H,8-9,13-15H2,1-3H3,(H,30,31)/t18-/m0/s1. The molecule has 0 bridgehead atoms. The maximum Gasteiger partial charge on any atom is 0.151 e. The van der Waals surface area contributed by atoms with Crippen molar-refractivity contribution >= 4 is 26.6 Å². The van der Waals surface area contributed by atoms with E-state index in [2.05, 4.69) is 30.3 Å². The first-order valence-electron chi connectivity index (χ1n) is 12.1. The van der Waals surface area contributed by atoms with Crippen molar-refractivity contribution in [3.63, 3.8) is 0 Å². The highest BCUT2D eigenvalue weighted by Gasteiger charge is 2.50. The van der Waals surface area contributed by atoms with E-state index in [0.717, 1.165) is 70.1 Å². The topological polar surface area (TPSA) is 114 Å². The van der Waals surface area contributed by atoms with Crippen LogP contribution in [0.4, 0.5) is 5.82 Å². The van der Waals surface area contributed by atoms with Crippen molar-refractivity contribution in [2.45, 2.75) is 33.3 Å². The third kappa shape index (κ3) is 3.99. The summed E-state index contributed by atoms with van der Waals surface area (Å²) in [5.41, 5.74) is 5.49. The molecule has 6 rings (SSSR count). The number of fused-ring (bicyclic) bond motifs is 1. The largest absolute Gasteiger partial charge is 0.486 e. The van der Waals surface area contributed by atoms with Gasteiger partial charge in [-0.2, -0.15) is 15.3 Å². The lowest BCUT2D eigenvalue weighted by Gasteiger charge is -2.48. The second-order valence-corrected chi connectivity index (χ2v) is 12.4. The number of nitrogens with one attached hydrogen (secondary N) is 1. The van der Waals surface area contributed by atoms with Crippen LogP contribution < -0.4 is 9.64 Å². The predicted octanol–water partition coefficient (Wildman–Crippen LogP) is 3.80. The van der Waals surface area contributed by atoms with E-state index < -0.39 is 9.84 Å². The van der Waals surface area contributed by atoms with Gasteiger partial charge in [-0.15, -0.1) is 0 Å². The van der Waals surface area contributed by atoms with Crippen LogP contribution >= 0.6 is 0 Å². The van der Waals surface area contributed by atoms with E-state index in [-0.39, 0.29) is 11.5 Å². The van der Waals surface area contributed by atoms with Crippen molar-refractivity contribution in [3.8, 4) is 17.0 Å². The van der Waals surface area contributed by atoms with Crippen molar-refractivity contribution in [2.75, 3.05) is 29.5 Å². The molecule has 0 radical (unpaired) electrons. The summed E-state index contributed by atoms with van der Waals surface area (Å²) in [7, 11) is -2.88. The minimum Gasteiger partial charge on any atom is -0.486 e. The number of rotatable bonds is 5. The highest BCUT2D eigenvalue weighted by Crippen LogP contribution is 2.42. The molecule has 36 heavy (non-hydrogen) atoms. The van der Waals surface area contributed by atoms with Gasteiger partial charge >= 0.3 is 0 Å². The Kier molecular flexibility index (Phi) is 5.26. The highest BCUT2D eigenvalue weighted by molar-refractivity contribution is 7.91. The van der Waals surface area contributed by atoms with Gasteiger partial charge in [-0.1, -0.05) is 0 Å². The molecule has 0 aliphatic carbocycles. The molecule has 3 aromatic heterocycles. The van der Waals surface area contributed by atoms with E-state index in [4.69, 9.17) is 4.74 Å². The molecule has 0 saturated carbocycles. The van der Waals surface area contributed by atoms with Crippen molar-refractivity contribution in [1.82, 2.24) is 25.4 Å². The van der Waals surface area contributed by atoms with Gasteiger partial charge in [-0.05, 0) is 63.1 Å². The number of nitrogens with zero attached hydrogens (tertiary/aromatic N) is 5. The maximum absolute atomic E-state index is 11.9. The van der Waals surface area contributed by atoms with Crippen molar-refractivity contribution in [1.29, 1.82) is 0 Å². The van der Waals surface area contributed by atoms with Crippen molar-refractivity contribution in [3.05, 3.63) is 59.5 Å². The Balaban J connectivity index is 1.21. The van der Waals surface area contributed by atoms with E-state index in [9.17, 15) is 8.42 Å². The fraction of sp³-hybridized carbons (Fsp3) is 0.385. The molecule has 0 unspecified atom stereocenters. The van der Waals surface area contributed by atoms with Gasteiger partial charge in [0.05, 0.1) is 28.9 Å². The number of hydrogen-bond donors (Lipinski definition) is 1. The van der Waals surface area contributed by atoms with Gasteiger partial charge in [-0.3, -0.25) is 5.10 Å². The molecule has 2 saturated heterocycles. The monoisotopic (exact) mass is 504 g/mol. The summed E-state index contributed by atoms with van der Waals surface area (Å²) in [4.78, 5) is 6.81. The highest BCUT2D eigenvalue weighted by atomic mass is 32.2. The van der Waals surface area contributed by atoms with Crippen molar-refractivity contribution in [2.24, 2.45) is 5.41 Å². The van der Waals surface area contributed by atoms with E-state index in [1.165, 1.54) is 0 Å². The molecule has 1 N–H and O–H groups in total. The molecule has 2 aliphatic rings. The molecule has 0 amide bonds. The minimum absolute atomic E-state index is 0.0888. The van der Waals surface area contributed by atoms with Crippen LogP contribution in [-0.2, 0) is 9.84 Å². The van der Waals surface area contributed by atoms with Crippen LogP contribution in [0.1, 0.15) is 36.3 Å². The summed E-state index contributed by atoms with van der Waals surface area (Å²) in [5.74, 6) is 2.22. The lowest BCUT2D eigenvalue weighted by atomic mass is 9.79. The molecule has 9 nitrogen and oxygen atoms in total. The number of benzene rings is 1.